The standard InChI is InChI=1S/C16H24BrNO/c1-3-12-6-4-5-7-15(12)19-16-9-8-13(11(2)18)10-14(16)17/h8-12,15H,3-7,18H2,1-2H3/t11-,12?,15?/m1/s1. The summed E-state index contributed by atoms with van der Waals surface area (Å²) in [5.74, 6) is 1.66. The number of rotatable bonds is 4. The molecule has 1 aromatic rings. The smallest absolute Gasteiger partial charge is 0.133 e. The predicted octanol–water partition coefficient (Wildman–Crippen LogP) is 4.82. The van der Waals surface area contributed by atoms with Crippen LogP contribution in [-0.4, -0.2) is 6.10 Å². The second-order valence-electron chi connectivity index (χ2n) is 5.59. The Labute approximate surface area is 124 Å². The molecule has 1 aliphatic carbocycles. The molecular weight excluding hydrogens is 302 g/mol. The molecule has 1 aliphatic rings. The predicted molar refractivity (Wildman–Crippen MR) is 83.4 cm³/mol. The molecule has 0 heterocycles. The van der Waals surface area contributed by atoms with Gasteiger partial charge in [0.15, 0.2) is 0 Å². The Morgan fingerprint density at radius 1 is 1.37 bits per heavy atom. The summed E-state index contributed by atoms with van der Waals surface area (Å²) in [4.78, 5) is 0. The molecule has 0 aromatic heterocycles. The lowest BCUT2D eigenvalue weighted by Crippen LogP contribution is -2.30. The average Bonchev–Trinajstić information content (AvgIpc) is 2.41. The van der Waals surface area contributed by atoms with Crippen molar-refractivity contribution in [2.24, 2.45) is 11.7 Å². The van der Waals surface area contributed by atoms with Crippen molar-refractivity contribution in [1.82, 2.24) is 0 Å². The third-order valence-corrected chi connectivity index (χ3v) is 4.74. The number of ether oxygens (including phenoxy) is 1. The topological polar surface area (TPSA) is 35.2 Å². The molecular formula is C16H24BrNO. The summed E-state index contributed by atoms with van der Waals surface area (Å²) in [5, 5.41) is 0. The highest BCUT2D eigenvalue weighted by Gasteiger charge is 2.25. The molecule has 2 rings (SSSR count). The first kappa shape index (κ1) is 14.9. The summed E-state index contributed by atoms with van der Waals surface area (Å²) in [5.41, 5.74) is 7.03. The summed E-state index contributed by atoms with van der Waals surface area (Å²) >= 11 is 3.60. The second-order valence-corrected chi connectivity index (χ2v) is 6.44. The Kier molecular flexibility index (Phi) is 5.28. The van der Waals surface area contributed by atoms with Gasteiger partial charge in [-0.15, -0.1) is 0 Å². The summed E-state index contributed by atoms with van der Waals surface area (Å²) in [6.07, 6.45) is 6.70. The number of nitrogens with two attached hydrogens (primary N) is 1. The van der Waals surface area contributed by atoms with Gasteiger partial charge in [-0.25, -0.2) is 0 Å². The highest BCUT2D eigenvalue weighted by molar-refractivity contribution is 9.10. The van der Waals surface area contributed by atoms with E-state index >= 15 is 0 Å². The number of benzene rings is 1. The van der Waals surface area contributed by atoms with E-state index in [0.717, 1.165) is 15.8 Å². The minimum atomic E-state index is 0.0587. The van der Waals surface area contributed by atoms with Gasteiger partial charge < -0.3 is 10.5 Å². The van der Waals surface area contributed by atoms with Crippen LogP contribution in [0.1, 0.15) is 57.6 Å². The van der Waals surface area contributed by atoms with E-state index in [9.17, 15) is 0 Å². The first-order valence-electron chi connectivity index (χ1n) is 7.33. The van der Waals surface area contributed by atoms with Crippen LogP contribution in [0.3, 0.4) is 0 Å². The molecule has 0 aliphatic heterocycles. The minimum Gasteiger partial charge on any atom is -0.489 e. The Morgan fingerprint density at radius 3 is 2.74 bits per heavy atom. The lowest BCUT2D eigenvalue weighted by Gasteiger charge is -2.31. The summed E-state index contributed by atoms with van der Waals surface area (Å²) in [6, 6.07) is 6.24. The minimum absolute atomic E-state index is 0.0587. The Morgan fingerprint density at radius 2 is 2.11 bits per heavy atom. The van der Waals surface area contributed by atoms with Crippen molar-refractivity contribution in [1.29, 1.82) is 0 Å². The molecule has 1 saturated carbocycles. The van der Waals surface area contributed by atoms with E-state index in [1.807, 2.05) is 13.0 Å². The van der Waals surface area contributed by atoms with Crippen molar-refractivity contribution in [2.45, 2.75) is 58.1 Å². The second kappa shape index (κ2) is 6.76. The number of halogens is 1. The van der Waals surface area contributed by atoms with Gasteiger partial charge in [0.05, 0.1) is 4.47 Å². The van der Waals surface area contributed by atoms with Crippen LogP contribution in [0, 0.1) is 5.92 Å². The highest BCUT2D eigenvalue weighted by Crippen LogP contribution is 2.34. The largest absolute Gasteiger partial charge is 0.489 e. The fourth-order valence-corrected chi connectivity index (χ4v) is 3.34. The molecule has 0 radical (unpaired) electrons. The van der Waals surface area contributed by atoms with Crippen molar-refractivity contribution in [3.05, 3.63) is 28.2 Å². The van der Waals surface area contributed by atoms with Gasteiger partial charge in [-0.05, 0) is 72.2 Å². The van der Waals surface area contributed by atoms with E-state index in [4.69, 9.17) is 10.5 Å². The van der Waals surface area contributed by atoms with E-state index < -0.39 is 0 Å². The van der Waals surface area contributed by atoms with Crippen LogP contribution in [-0.2, 0) is 0 Å². The SMILES string of the molecule is CCC1CCCCC1Oc1ccc([C@@H](C)N)cc1Br. The van der Waals surface area contributed by atoms with Crippen LogP contribution in [0.4, 0.5) is 0 Å². The molecule has 2 unspecified atom stereocenters. The molecule has 0 saturated heterocycles. The molecule has 3 atom stereocenters. The zero-order valence-corrected chi connectivity index (χ0v) is 13.4. The van der Waals surface area contributed by atoms with Gasteiger partial charge in [0.25, 0.3) is 0 Å². The fraction of sp³-hybridized carbons (Fsp3) is 0.625. The van der Waals surface area contributed by atoms with Crippen LogP contribution >= 0.6 is 15.9 Å². The quantitative estimate of drug-likeness (QED) is 0.861. The van der Waals surface area contributed by atoms with E-state index in [-0.39, 0.29) is 6.04 Å². The third kappa shape index (κ3) is 3.73. The van der Waals surface area contributed by atoms with Crippen molar-refractivity contribution >= 4 is 15.9 Å². The Hall–Kier alpha value is -0.540. The van der Waals surface area contributed by atoms with Crippen molar-refractivity contribution in [3.8, 4) is 5.75 Å². The van der Waals surface area contributed by atoms with Crippen LogP contribution in [0.25, 0.3) is 0 Å². The van der Waals surface area contributed by atoms with Crippen molar-refractivity contribution in [2.75, 3.05) is 0 Å². The molecule has 1 aromatic carbocycles. The summed E-state index contributed by atoms with van der Waals surface area (Å²) in [6.45, 7) is 4.26. The van der Waals surface area contributed by atoms with Gasteiger partial charge in [-0.2, -0.15) is 0 Å². The summed E-state index contributed by atoms with van der Waals surface area (Å²) in [7, 11) is 0. The van der Waals surface area contributed by atoms with Crippen molar-refractivity contribution in [3.63, 3.8) is 0 Å². The van der Waals surface area contributed by atoms with E-state index in [1.54, 1.807) is 0 Å². The lowest BCUT2D eigenvalue weighted by molar-refractivity contribution is 0.0896. The highest BCUT2D eigenvalue weighted by atomic mass is 79.9. The first-order valence-corrected chi connectivity index (χ1v) is 8.12. The zero-order chi connectivity index (χ0) is 13.8. The van der Waals surface area contributed by atoms with Crippen LogP contribution in [0.15, 0.2) is 22.7 Å². The zero-order valence-electron chi connectivity index (χ0n) is 11.9. The third-order valence-electron chi connectivity index (χ3n) is 4.12. The van der Waals surface area contributed by atoms with Gasteiger partial charge in [-0.3, -0.25) is 0 Å². The molecule has 0 spiro atoms. The maximum atomic E-state index is 6.24. The van der Waals surface area contributed by atoms with Gasteiger partial charge in [0, 0.05) is 6.04 Å². The van der Waals surface area contributed by atoms with E-state index in [1.165, 1.54) is 32.1 Å². The van der Waals surface area contributed by atoms with Crippen LogP contribution < -0.4 is 10.5 Å². The van der Waals surface area contributed by atoms with Gasteiger partial charge in [0.2, 0.25) is 0 Å². The number of hydrogen-bond acceptors (Lipinski definition) is 2. The Bertz CT molecular complexity index is 419. The monoisotopic (exact) mass is 325 g/mol. The molecule has 3 heteroatoms. The van der Waals surface area contributed by atoms with E-state index in [0.29, 0.717) is 12.0 Å². The normalized spacial score (nSPS) is 25.1. The molecule has 1 fully saturated rings. The molecule has 19 heavy (non-hydrogen) atoms. The lowest BCUT2D eigenvalue weighted by atomic mass is 9.85. The van der Waals surface area contributed by atoms with Crippen LogP contribution in [0.2, 0.25) is 0 Å². The Balaban J connectivity index is 2.09. The molecule has 2 N–H and O–H groups in total. The van der Waals surface area contributed by atoms with Gasteiger partial charge in [0.1, 0.15) is 11.9 Å². The van der Waals surface area contributed by atoms with Crippen molar-refractivity contribution < 1.29 is 4.74 Å². The maximum absolute atomic E-state index is 6.24. The average molecular weight is 326 g/mol. The molecule has 2 nitrogen and oxygen atoms in total. The first-order chi connectivity index (χ1) is 9.11. The van der Waals surface area contributed by atoms with Crippen LogP contribution in [0.5, 0.6) is 5.75 Å². The maximum Gasteiger partial charge on any atom is 0.133 e. The van der Waals surface area contributed by atoms with E-state index in [2.05, 4.69) is 35.0 Å². The molecule has 106 valence electrons. The fourth-order valence-electron chi connectivity index (χ4n) is 2.85. The summed E-state index contributed by atoms with van der Waals surface area (Å²) < 4.78 is 7.25. The van der Waals surface area contributed by atoms with Gasteiger partial charge >= 0.3 is 0 Å². The molecule has 0 amide bonds. The van der Waals surface area contributed by atoms with Gasteiger partial charge in [-0.1, -0.05) is 19.4 Å². The molecule has 0 bridgehead atoms. The number of hydrogen-bond donors (Lipinski definition) is 1.